The Hall–Kier alpha value is -0.900. The van der Waals surface area contributed by atoms with E-state index in [4.69, 9.17) is 5.73 Å². The number of nitrogens with one attached hydrogen (secondary N) is 1. The average Bonchev–Trinajstić information content (AvgIpc) is 2.40. The Kier molecular flexibility index (Phi) is 4.54. The van der Waals surface area contributed by atoms with Crippen LogP contribution in [0.4, 0.5) is 0 Å². The lowest BCUT2D eigenvalue weighted by molar-refractivity contribution is 0.233. The topological polar surface area (TPSA) is 41.3 Å². The van der Waals surface area contributed by atoms with E-state index in [1.54, 1.807) is 0 Å². The van der Waals surface area contributed by atoms with Crippen LogP contribution in [0.1, 0.15) is 24.0 Å². The number of benzene rings is 1. The van der Waals surface area contributed by atoms with Crippen molar-refractivity contribution in [1.82, 2.24) is 10.2 Å². The third-order valence-electron chi connectivity index (χ3n) is 3.52. The molecular formula is C14H23N3. The zero-order chi connectivity index (χ0) is 12.1. The second kappa shape index (κ2) is 6.15. The number of piperazine rings is 1. The maximum atomic E-state index is 5.68. The molecule has 0 bridgehead atoms. The number of hydrogen-bond donors (Lipinski definition) is 2. The highest BCUT2D eigenvalue weighted by Crippen LogP contribution is 2.15. The number of nitrogens with two attached hydrogens (primary N) is 1. The molecule has 0 aromatic heterocycles. The van der Waals surface area contributed by atoms with Crippen LogP contribution in [0, 0.1) is 0 Å². The first-order valence-electron chi connectivity index (χ1n) is 6.51. The Labute approximate surface area is 104 Å². The summed E-state index contributed by atoms with van der Waals surface area (Å²) in [6.45, 7) is 8.49. The monoisotopic (exact) mass is 233 g/mol. The molecule has 1 unspecified atom stereocenters. The summed E-state index contributed by atoms with van der Waals surface area (Å²) >= 11 is 0. The molecular weight excluding hydrogens is 210 g/mol. The molecule has 94 valence electrons. The highest BCUT2D eigenvalue weighted by Gasteiger charge is 2.10. The highest BCUT2D eigenvalue weighted by molar-refractivity contribution is 5.25. The number of hydrogen-bond acceptors (Lipinski definition) is 3. The van der Waals surface area contributed by atoms with Gasteiger partial charge in [-0.15, -0.1) is 0 Å². The van der Waals surface area contributed by atoms with E-state index < -0.39 is 0 Å². The maximum Gasteiger partial charge on any atom is 0.0234 e. The Balaban J connectivity index is 1.93. The van der Waals surface area contributed by atoms with Gasteiger partial charge in [0.25, 0.3) is 0 Å². The van der Waals surface area contributed by atoms with Gasteiger partial charge >= 0.3 is 0 Å². The second-order valence-electron chi connectivity index (χ2n) is 4.90. The van der Waals surface area contributed by atoms with E-state index >= 15 is 0 Å². The van der Waals surface area contributed by atoms with Gasteiger partial charge in [-0.05, 0) is 23.6 Å². The normalized spacial score (nSPS) is 19.2. The first-order valence-corrected chi connectivity index (χ1v) is 6.51. The second-order valence-corrected chi connectivity index (χ2v) is 4.90. The Morgan fingerprint density at radius 3 is 2.47 bits per heavy atom. The summed E-state index contributed by atoms with van der Waals surface area (Å²) in [7, 11) is 0. The lowest BCUT2D eigenvalue weighted by atomic mass is 10.00. The molecule has 3 N–H and O–H groups in total. The summed E-state index contributed by atoms with van der Waals surface area (Å²) in [5, 5.41) is 3.38. The van der Waals surface area contributed by atoms with Gasteiger partial charge in [0.2, 0.25) is 0 Å². The first kappa shape index (κ1) is 12.6. The van der Waals surface area contributed by atoms with Gasteiger partial charge in [0.05, 0.1) is 0 Å². The first-order chi connectivity index (χ1) is 8.29. The van der Waals surface area contributed by atoms with Crippen molar-refractivity contribution >= 4 is 0 Å². The van der Waals surface area contributed by atoms with Crippen LogP contribution in [-0.2, 0) is 6.54 Å². The molecule has 0 amide bonds. The fourth-order valence-corrected chi connectivity index (χ4v) is 2.22. The largest absolute Gasteiger partial charge is 0.330 e. The smallest absolute Gasteiger partial charge is 0.0234 e. The van der Waals surface area contributed by atoms with Crippen LogP contribution in [0.2, 0.25) is 0 Å². The van der Waals surface area contributed by atoms with Crippen molar-refractivity contribution in [3.05, 3.63) is 35.4 Å². The van der Waals surface area contributed by atoms with Gasteiger partial charge < -0.3 is 11.1 Å². The van der Waals surface area contributed by atoms with Crippen molar-refractivity contribution in [3.63, 3.8) is 0 Å². The predicted molar refractivity (Wildman–Crippen MR) is 72.1 cm³/mol. The van der Waals surface area contributed by atoms with Gasteiger partial charge in [-0.25, -0.2) is 0 Å². The van der Waals surface area contributed by atoms with Crippen molar-refractivity contribution < 1.29 is 0 Å². The molecule has 3 nitrogen and oxygen atoms in total. The fourth-order valence-electron chi connectivity index (χ4n) is 2.22. The van der Waals surface area contributed by atoms with E-state index in [1.807, 2.05) is 0 Å². The van der Waals surface area contributed by atoms with E-state index in [9.17, 15) is 0 Å². The highest BCUT2D eigenvalue weighted by atomic mass is 15.2. The molecule has 0 saturated carbocycles. The van der Waals surface area contributed by atoms with Gasteiger partial charge in [-0.2, -0.15) is 0 Å². The molecule has 1 fully saturated rings. The van der Waals surface area contributed by atoms with E-state index in [-0.39, 0.29) is 0 Å². The van der Waals surface area contributed by atoms with Gasteiger partial charge in [0.15, 0.2) is 0 Å². The summed E-state index contributed by atoms with van der Waals surface area (Å²) < 4.78 is 0. The Morgan fingerprint density at radius 1 is 1.24 bits per heavy atom. The van der Waals surface area contributed by atoms with Crippen LogP contribution in [0.25, 0.3) is 0 Å². The van der Waals surface area contributed by atoms with E-state index in [0.29, 0.717) is 5.92 Å². The summed E-state index contributed by atoms with van der Waals surface area (Å²) in [6.07, 6.45) is 0. The lowest BCUT2D eigenvalue weighted by Gasteiger charge is -2.27. The van der Waals surface area contributed by atoms with Gasteiger partial charge in [0.1, 0.15) is 0 Å². The van der Waals surface area contributed by atoms with Gasteiger partial charge in [-0.1, -0.05) is 31.2 Å². The van der Waals surface area contributed by atoms with E-state index in [0.717, 1.165) is 39.3 Å². The molecule has 0 spiro atoms. The molecule has 1 aliphatic heterocycles. The molecule has 1 aromatic carbocycles. The third-order valence-corrected chi connectivity index (χ3v) is 3.52. The lowest BCUT2D eigenvalue weighted by Crippen LogP contribution is -2.42. The zero-order valence-corrected chi connectivity index (χ0v) is 10.7. The quantitative estimate of drug-likeness (QED) is 0.820. The standard InChI is InChI=1S/C14H23N3/c1-12(10-15)14-4-2-13(3-5-14)11-17-8-6-16-7-9-17/h2-5,12,16H,6-11,15H2,1H3. The van der Waals surface area contributed by atoms with Crippen LogP contribution in [0.15, 0.2) is 24.3 Å². The van der Waals surface area contributed by atoms with Gasteiger partial charge in [0, 0.05) is 32.7 Å². The Morgan fingerprint density at radius 2 is 1.88 bits per heavy atom. The molecule has 0 radical (unpaired) electrons. The maximum absolute atomic E-state index is 5.68. The molecule has 1 atom stereocenters. The van der Waals surface area contributed by atoms with E-state index in [2.05, 4.69) is 41.4 Å². The summed E-state index contributed by atoms with van der Waals surface area (Å²) in [5.74, 6) is 0.461. The minimum atomic E-state index is 0.461. The average molecular weight is 233 g/mol. The molecule has 17 heavy (non-hydrogen) atoms. The fraction of sp³-hybridized carbons (Fsp3) is 0.571. The molecule has 1 saturated heterocycles. The number of nitrogens with zero attached hydrogens (tertiary/aromatic N) is 1. The van der Waals surface area contributed by atoms with Crippen LogP contribution in [-0.4, -0.2) is 37.6 Å². The number of rotatable bonds is 4. The van der Waals surface area contributed by atoms with Crippen molar-refractivity contribution in [2.45, 2.75) is 19.4 Å². The van der Waals surface area contributed by atoms with Crippen molar-refractivity contribution in [2.24, 2.45) is 5.73 Å². The molecule has 1 heterocycles. The molecule has 0 aliphatic carbocycles. The Bertz CT molecular complexity index is 328. The summed E-state index contributed by atoms with van der Waals surface area (Å²) in [4.78, 5) is 2.50. The van der Waals surface area contributed by atoms with Crippen molar-refractivity contribution in [2.75, 3.05) is 32.7 Å². The molecule has 2 rings (SSSR count). The molecule has 1 aromatic rings. The summed E-state index contributed by atoms with van der Waals surface area (Å²) in [5.41, 5.74) is 8.42. The van der Waals surface area contributed by atoms with E-state index in [1.165, 1.54) is 11.1 Å². The van der Waals surface area contributed by atoms with Crippen LogP contribution >= 0.6 is 0 Å². The molecule has 1 aliphatic rings. The third kappa shape index (κ3) is 3.53. The van der Waals surface area contributed by atoms with Crippen LogP contribution in [0.5, 0.6) is 0 Å². The van der Waals surface area contributed by atoms with Crippen molar-refractivity contribution in [1.29, 1.82) is 0 Å². The SMILES string of the molecule is CC(CN)c1ccc(CN2CCNCC2)cc1. The predicted octanol–water partition coefficient (Wildman–Crippen LogP) is 1.15. The molecule has 3 heteroatoms. The van der Waals surface area contributed by atoms with Crippen LogP contribution in [0.3, 0.4) is 0 Å². The van der Waals surface area contributed by atoms with Crippen LogP contribution < -0.4 is 11.1 Å². The minimum absolute atomic E-state index is 0.461. The zero-order valence-electron chi connectivity index (χ0n) is 10.7. The van der Waals surface area contributed by atoms with Gasteiger partial charge in [-0.3, -0.25) is 4.90 Å². The summed E-state index contributed by atoms with van der Waals surface area (Å²) in [6, 6.07) is 8.91. The minimum Gasteiger partial charge on any atom is -0.330 e. The van der Waals surface area contributed by atoms with Crippen molar-refractivity contribution in [3.8, 4) is 0 Å².